The molecule has 1 N–H and O–H groups in total. The van der Waals surface area contributed by atoms with Gasteiger partial charge in [-0.2, -0.15) is 0 Å². The van der Waals surface area contributed by atoms with Crippen molar-refractivity contribution in [2.75, 3.05) is 19.0 Å². The van der Waals surface area contributed by atoms with Crippen LogP contribution in [0.5, 0.6) is 0 Å². The predicted octanol–water partition coefficient (Wildman–Crippen LogP) is 4.13. The van der Waals surface area contributed by atoms with Crippen LogP contribution in [0.4, 0.5) is 10.1 Å². The molecule has 1 heterocycles. The highest BCUT2D eigenvalue weighted by Gasteiger charge is 2.26. The Morgan fingerprint density at radius 2 is 1.80 bits per heavy atom. The first kappa shape index (κ1) is 25.4. The molecule has 9 heteroatoms. The quantitative estimate of drug-likeness (QED) is 0.533. The van der Waals surface area contributed by atoms with E-state index in [1.807, 2.05) is 0 Å². The van der Waals surface area contributed by atoms with Crippen LogP contribution in [0.2, 0.25) is 0 Å². The van der Waals surface area contributed by atoms with Crippen LogP contribution < -0.4 is 16.6 Å². The number of aromatic nitrogens is 2. The van der Waals surface area contributed by atoms with Crippen molar-refractivity contribution in [3.8, 4) is 0 Å². The zero-order valence-corrected chi connectivity index (χ0v) is 20.7. The number of carbonyl (C=O) groups excluding carboxylic acids is 1. The van der Waals surface area contributed by atoms with Gasteiger partial charge < -0.3 is 14.8 Å². The van der Waals surface area contributed by atoms with Crippen molar-refractivity contribution in [2.45, 2.75) is 95.9 Å². The molecular formula is C26H36FN3O5. The Balaban J connectivity index is 1.75. The molecule has 1 aromatic carbocycles. The molecule has 0 spiro atoms. The average molecular weight is 490 g/mol. The van der Waals surface area contributed by atoms with Crippen molar-refractivity contribution in [3.63, 3.8) is 0 Å². The van der Waals surface area contributed by atoms with Gasteiger partial charge in [-0.25, -0.2) is 14.0 Å². The van der Waals surface area contributed by atoms with Gasteiger partial charge in [0.1, 0.15) is 5.82 Å². The summed E-state index contributed by atoms with van der Waals surface area (Å²) in [5, 5.41) is 3.49. The highest BCUT2D eigenvalue weighted by molar-refractivity contribution is 5.82. The average Bonchev–Trinajstić information content (AvgIpc) is 3.38. The number of halogens is 1. The topological polar surface area (TPSA) is 91.6 Å². The minimum absolute atomic E-state index is 0.0264. The Morgan fingerprint density at radius 3 is 2.46 bits per heavy atom. The molecule has 0 radical (unpaired) electrons. The Kier molecular flexibility index (Phi) is 8.26. The fraction of sp³-hybridized carbons (Fsp3) is 0.654. The summed E-state index contributed by atoms with van der Waals surface area (Å²) in [6.07, 6.45) is 8.25. The van der Waals surface area contributed by atoms with Gasteiger partial charge in [0.05, 0.1) is 23.2 Å². The number of anilines is 1. The highest BCUT2D eigenvalue weighted by Crippen LogP contribution is 2.32. The number of nitrogens with one attached hydrogen (secondary N) is 1. The molecule has 1 atom stereocenters. The summed E-state index contributed by atoms with van der Waals surface area (Å²) in [4.78, 5) is 39.1. The van der Waals surface area contributed by atoms with Gasteiger partial charge in [0.25, 0.3) is 5.56 Å². The largest absolute Gasteiger partial charge is 0.464 e. The van der Waals surface area contributed by atoms with E-state index < -0.39 is 29.1 Å². The predicted molar refractivity (Wildman–Crippen MR) is 132 cm³/mol. The molecule has 8 nitrogen and oxygen atoms in total. The van der Waals surface area contributed by atoms with E-state index in [2.05, 4.69) is 5.32 Å². The zero-order chi connectivity index (χ0) is 24.9. The van der Waals surface area contributed by atoms with Crippen molar-refractivity contribution in [2.24, 2.45) is 0 Å². The summed E-state index contributed by atoms with van der Waals surface area (Å²) in [6, 6.07) is 3.04. The number of rotatable bonds is 9. The van der Waals surface area contributed by atoms with E-state index in [0.29, 0.717) is 11.2 Å². The molecule has 2 fully saturated rings. The molecule has 4 rings (SSSR count). The molecule has 1 aromatic heterocycles. The van der Waals surface area contributed by atoms with Gasteiger partial charge in [0.2, 0.25) is 0 Å². The van der Waals surface area contributed by atoms with Crippen LogP contribution in [0.25, 0.3) is 10.9 Å². The Labute approximate surface area is 204 Å². The minimum Gasteiger partial charge on any atom is -0.464 e. The van der Waals surface area contributed by atoms with Gasteiger partial charge in [-0.05, 0) is 44.7 Å². The maximum absolute atomic E-state index is 15.2. The Bertz CT molecular complexity index is 1160. The van der Waals surface area contributed by atoms with Crippen LogP contribution in [-0.4, -0.2) is 41.0 Å². The van der Waals surface area contributed by atoms with Crippen molar-refractivity contribution in [3.05, 3.63) is 38.8 Å². The van der Waals surface area contributed by atoms with Crippen LogP contribution in [0, 0.1) is 5.82 Å². The molecule has 1 unspecified atom stereocenters. The number of methoxy groups -OCH3 is 1. The van der Waals surface area contributed by atoms with Crippen LogP contribution in [0.3, 0.4) is 0 Å². The lowest BCUT2D eigenvalue weighted by molar-refractivity contribution is -0.155. The molecule has 2 saturated carbocycles. The van der Waals surface area contributed by atoms with Gasteiger partial charge in [0.15, 0.2) is 6.10 Å². The van der Waals surface area contributed by atoms with E-state index in [1.165, 1.54) is 19.6 Å². The molecule has 2 aliphatic rings. The molecule has 2 aliphatic carbocycles. The summed E-state index contributed by atoms with van der Waals surface area (Å²) < 4.78 is 28.2. The summed E-state index contributed by atoms with van der Waals surface area (Å²) in [5.74, 6) is -1.03. The van der Waals surface area contributed by atoms with Crippen LogP contribution in [0.1, 0.15) is 77.2 Å². The summed E-state index contributed by atoms with van der Waals surface area (Å²) >= 11 is 0. The number of ether oxygens (including phenoxy) is 2. The van der Waals surface area contributed by atoms with Crippen LogP contribution >= 0.6 is 0 Å². The van der Waals surface area contributed by atoms with Crippen molar-refractivity contribution < 1.29 is 18.7 Å². The van der Waals surface area contributed by atoms with E-state index in [-0.39, 0.29) is 37.0 Å². The fourth-order valence-corrected chi connectivity index (χ4v) is 5.50. The number of hydrogen-bond acceptors (Lipinski definition) is 6. The first-order chi connectivity index (χ1) is 16.9. The lowest BCUT2D eigenvalue weighted by atomic mass is 9.95. The van der Waals surface area contributed by atoms with Crippen LogP contribution in [0.15, 0.2) is 21.7 Å². The third-order valence-corrected chi connectivity index (χ3v) is 7.36. The SMILES string of the molecule is CCOC(=O)C(CCn1c(=O)c2cc(F)c(NC3CCCCC3)cc2n(C2CCCC2)c1=O)OC. The molecule has 192 valence electrons. The van der Waals surface area contributed by atoms with Gasteiger partial charge in [-0.3, -0.25) is 13.9 Å². The molecule has 0 saturated heterocycles. The van der Waals surface area contributed by atoms with Crippen molar-refractivity contribution >= 4 is 22.6 Å². The third kappa shape index (κ3) is 5.44. The fourth-order valence-electron chi connectivity index (χ4n) is 5.50. The number of benzene rings is 1. The number of fused-ring (bicyclic) bond motifs is 1. The maximum Gasteiger partial charge on any atom is 0.335 e. The highest BCUT2D eigenvalue weighted by atomic mass is 19.1. The van der Waals surface area contributed by atoms with E-state index in [9.17, 15) is 14.4 Å². The second kappa shape index (κ2) is 11.4. The normalized spacial score (nSPS) is 18.1. The second-order valence-electron chi connectivity index (χ2n) is 9.64. The molecule has 0 bridgehead atoms. The first-order valence-corrected chi connectivity index (χ1v) is 12.9. The summed E-state index contributed by atoms with van der Waals surface area (Å²) in [7, 11) is 1.39. The van der Waals surface area contributed by atoms with Gasteiger partial charge in [0, 0.05) is 32.2 Å². The van der Waals surface area contributed by atoms with Gasteiger partial charge >= 0.3 is 11.7 Å². The van der Waals surface area contributed by atoms with Crippen molar-refractivity contribution in [1.82, 2.24) is 9.13 Å². The number of carbonyl (C=O) groups is 1. The standard InChI is InChI=1S/C26H36FN3O5/c1-3-35-25(32)23(34-2)13-14-29-24(31)19-15-20(27)21(28-17-9-5-4-6-10-17)16-22(19)30(26(29)33)18-11-7-8-12-18/h15-18,23,28H,3-14H2,1-2H3. The molecule has 2 aromatic rings. The molecular weight excluding hydrogens is 453 g/mol. The van der Waals surface area contributed by atoms with Gasteiger partial charge in [-0.1, -0.05) is 32.1 Å². The third-order valence-electron chi connectivity index (χ3n) is 7.36. The monoisotopic (exact) mass is 489 g/mol. The lowest BCUT2D eigenvalue weighted by Crippen LogP contribution is -2.42. The van der Waals surface area contributed by atoms with E-state index >= 15 is 4.39 Å². The number of nitrogens with zero attached hydrogens (tertiary/aromatic N) is 2. The minimum atomic E-state index is -0.893. The van der Waals surface area contributed by atoms with E-state index in [1.54, 1.807) is 17.6 Å². The van der Waals surface area contributed by atoms with Crippen LogP contribution in [-0.2, 0) is 20.8 Å². The molecule has 0 amide bonds. The van der Waals surface area contributed by atoms with E-state index in [4.69, 9.17) is 9.47 Å². The lowest BCUT2D eigenvalue weighted by Gasteiger charge is -2.25. The summed E-state index contributed by atoms with van der Waals surface area (Å²) in [5.41, 5.74) is -0.171. The first-order valence-electron chi connectivity index (χ1n) is 12.9. The smallest absolute Gasteiger partial charge is 0.335 e. The summed E-state index contributed by atoms with van der Waals surface area (Å²) in [6.45, 7) is 1.88. The van der Waals surface area contributed by atoms with E-state index in [0.717, 1.165) is 55.9 Å². The zero-order valence-electron chi connectivity index (χ0n) is 20.7. The van der Waals surface area contributed by atoms with Crippen molar-refractivity contribution in [1.29, 1.82) is 0 Å². The maximum atomic E-state index is 15.2. The Hall–Kier alpha value is -2.68. The van der Waals surface area contributed by atoms with Gasteiger partial charge in [-0.15, -0.1) is 0 Å². The Morgan fingerprint density at radius 1 is 1.11 bits per heavy atom. The molecule has 0 aliphatic heterocycles. The second-order valence-corrected chi connectivity index (χ2v) is 9.64. The number of hydrogen-bond donors (Lipinski definition) is 1. The molecule has 35 heavy (non-hydrogen) atoms. The number of esters is 1.